The summed E-state index contributed by atoms with van der Waals surface area (Å²) in [4.78, 5) is 0. The normalized spacial score (nSPS) is 11.6. The lowest BCUT2D eigenvalue weighted by molar-refractivity contribution is 0.318. The Hall–Kier alpha value is -1.28. The first kappa shape index (κ1) is 14.1. The number of rotatable bonds is 2. The Kier molecular flexibility index (Phi) is 4.31. The second-order valence-electron chi connectivity index (χ2n) is 3.85. The number of aromatic hydroxyl groups is 1. The van der Waals surface area contributed by atoms with Gasteiger partial charge in [-0.1, -0.05) is 33.2 Å². The minimum atomic E-state index is 0.0609. The summed E-state index contributed by atoms with van der Waals surface area (Å²) in [5.74, 6) is 0.274. The lowest BCUT2D eigenvalue weighted by atomic mass is 10.0. The zero-order chi connectivity index (χ0) is 14.0. The number of hydrogen-bond donors (Lipinski definition) is 3. The van der Waals surface area contributed by atoms with E-state index in [1.165, 1.54) is 0 Å². The van der Waals surface area contributed by atoms with Gasteiger partial charge in [-0.2, -0.15) is 0 Å². The number of amidine groups is 1. The molecule has 0 amide bonds. The van der Waals surface area contributed by atoms with Crippen LogP contribution >= 0.6 is 38.5 Å². The quantitative estimate of drug-likeness (QED) is 0.223. The zero-order valence-electron chi connectivity index (χ0n) is 9.64. The first-order valence-electron chi connectivity index (χ1n) is 5.29. The van der Waals surface area contributed by atoms with Crippen LogP contribution in [-0.4, -0.2) is 16.1 Å². The Bertz CT molecular complexity index is 642. The molecule has 0 spiro atoms. The van der Waals surface area contributed by atoms with Crippen molar-refractivity contribution in [2.24, 2.45) is 10.9 Å². The molecule has 0 aliphatic rings. The van der Waals surface area contributed by atoms with Gasteiger partial charge in [0.1, 0.15) is 5.75 Å². The summed E-state index contributed by atoms with van der Waals surface area (Å²) in [7, 11) is 0. The predicted octanol–water partition coefficient (Wildman–Crippen LogP) is 3.52. The highest BCUT2D eigenvalue weighted by molar-refractivity contribution is 14.1. The number of phenolic OH excluding ortho intramolecular Hbond substituents is 1. The summed E-state index contributed by atoms with van der Waals surface area (Å²) >= 11 is 5.56. The lowest BCUT2D eigenvalue weighted by Crippen LogP contribution is -2.15. The molecular formula is C13H10BrIN2O2. The molecule has 6 heteroatoms. The van der Waals surface area contributed by atoms with Crippen molar-refractivity contribution in [2.75, 3.05) is 0 Å². The predicted molar refractivity (Wildman–Crippen MR) is 86.5 cm³/mol. The van der Waals surface area contributed by atoms with Crippen LogP contribution in [0.5, 0.6) is 5.75 Å². The van der Waals surface area contributed by atoms with Crippen molar-refractivity contribution in [3.63, 3.8) is 0 Å². The zero-order valence-corrected chi connectivity index (χ0v) is 13.4. The van der Waals surface area contributed by atoms with Crippen molar-refractivity contribution >= 4 is 44.4 Å². The van der Waals surface area contributed by atoms with Crippen molar-refractivity contribution in [3.8, 4) is 16.9 Å². The molecule has 0 fully saturated rings. The van der Waals surface area contributed by atoms with Crippen LogP contribution in [0.15, 0.2) is 46.0 Å². The van der Waals surface area contributed by atoms with Crippen LogP contribution in [-0.2, 0) is 0 Å². The SMILES string of the molecule is N/C(=N\O)c1cc(Br)cc(-c2ccc(O)cc2)c1I. The monoisotopic (exact) mass is 432 g/mol. The molecule has 0 bridgehead atoms. The van der Waals surface area contributed by atoms with Gasteiger partial charge in [0, 0.05) is 13.6 Å². The standard InChI is InChI=1S/C13H10BrIN2O2/c14-8-5-10(7-1-3-9(18)4-2-7)12(15)11(6-8)13(16)17-19/h1-6,18-19H,(H2,16,17). The van der Waals surface area contributed by atoms with Gasteiger partial charge in [-0.25, -0.2) is 0 Å². The summed E-state index contributed by atoms with van der Waals surface area (Å²) in [6.07, 6.45) is 0. The molecule has 0 aliphatic heterocycles. The van der Waals surface area contributed by atoms with Crippen LogP contribution in [0.3, 0.4) is 0 Å². The van der Waals surface area contributed by atoms with Gasteiger partial charge < -0.3 is 16.0 Å². The van der Waals surface area contributed by atoms with Crippen LogP contribution in [0.25, 0.3) is 11.1 Å². The number of nitrogens with two attached hydrogens (primary N) is 1. The second kappa shape index (κ2) is 5.79. The number of nitrogens with zero attached hydrogens (tertiary/aromatic N) is 1. The smallest absolute Gasteiger partial charge is 0.171 e. The maximum Gasteiger partial charge on any atom is 0.171 e. The van der Waals surface area contributed by atoms with Gasteiger partial charge in [0.25, 0.3) is 0 Å². The van der Waals surface area contributed by atoms with Gasteiger partial charge in [-0.3, -0.25) is 0 Å². The van der Waals surface area contributed by atoms with Crippen LogP contribution in [0.1, 0.15) is 5.56 Å². The van der Waals surface area contributed by atoms with Crippen LogP contribution < -0.4 is 5.73 Å². The van der Waals surface area contributed by atoms with Gasteiger partial charge in [-0.15, -0.1) is 0 Å². The van der Waals surface area contributed by atoms with E-state index in [1.807, 2.05) is 18.2 Å². The van der Waals surface area contributed by atoms with Crippen LogP contribution in [0.4, 0.5) is 0 Å². The van der Waals surface area contributed by atoms with E-state index in [4.69, 9.17) is 10.9 Å². The molecule has 98 valence electrons. The van der Waals surface area contributed by atoms with Crippen molar-refractivity contribution in [1.82, 2.24) is 0 Å². The van der Waals surface area contributed by atoms with Crippen LogP contribution in [0.2, 0.25) is 0 Å². The van der Waals surface area contributed by atoms with E-state index in [0.717, 1.165) is 19.2 Å². The number of benzene rings is 2. The molecule has 0 aromatic heterocycles. The maximum absolute atomic E-state index is 9.33. The minimum absolute atomic E-state index is 0.0609. The molecule has 19 heavy (non-hydrogen) atoms. The molecule has 0 heterocycles. The molecule has 0 atom stereocenters. The second-order valence-corrected chi connectivity index (χ2v) is 5.84. The van der Waals surface area contributed by atoms with Gasteiger partial charge in [0.05, 0.1) is 0 Å². The highest BCUT2D eigenvalue weighted by Gasteiger charge is 2.12. The highest BCUT2D eigenvalue weighted by Crippen LogP contribution is 2.32. The topological polar surface area (TPSA) is 78.8 Å². The molecule has 4 nitrogen and oxygen atoms in total. The van der Waals surface area contributed by atoms with E-state index in [0.29, 0.717) is 5.56 Å². The first-order valence-corrected chi connectivity index (χ1v) is 7.16. The molecule has 0 unspecified atom stereocenters. The summed E-state index contributed by atoms with van der Waals surface area (Å²) < 4.78 is 1.71. The summed E-state index contributed by atoms with van der Waals surface area (Å²) in [6.45, 7) is 0. The highest BCUT2D eigenvalue weighted by atomic mass is 127. The van der Waals surface area contributed by atoms with E-state index in [1.54, 1.807) is 18.2 Å². The molecule has 0 radical (unpaired) electrons. The molecule has 2 aromatic rings. The summed E-state index contributed by atoms with van der Waals surface area (Å²) in [6, 6.07) is 10.6. The van der Waals surface area contributed by atoms with Crippen LogP contribution in [0, 0.1) is 3.57 Å². The summed E-state index contributed by atoms with van der Waals surface area (Å²) in [5, 5.41) is 21.2. The third-order valence-corrected chi connectivity index (χ3v) is 4.22. The van der Waals surface area contributed by atoms with Crippen molar-refractivity contribution < 1.29 is 10.3 Å². The first-order chi connectivity index (χ1) is 9.02. The molecular weight excluding hydrogens is 423 g/mol. The number of oxime groups is 1. The Morgan fingerprint density at radius 3 is 2.42 bits per heavy atom. The van der Waals surface area contributed by atoms with E-state index in [-0.39, 0.29) is 11.6 Å². The molecule has 0 saturated carbocycles. The van der Waals surface area contributed by atoms with E-state index in [2.05, 4.69) is 43.7 Å². The fraction of sp³-hybridized carbons (Fsp3) is 0. The Morgan fingerprint density at radius 2 is 1.84 bits per heavy atom. The molecule has 2 aromatic carbocycles. The van der Waals surface area contributed by atoms with Gasteiger partial charge in [0.15, 0.2) is 5.84 Å². The lowest BCUT2D eigenvalue weighted by Gasteiger charge is -2.11. The van der Waals surface area contributed by atoms with Gasteiger partial charge in [-0.05, 0) is 58.0 Å². The number of halogens is 2. The fourth-order valence-electron chi connectivity index (χ4n) is 1.68. The van der Waals surface area contributed by atoms with E-state index in [9.17, 15) is 5.11 Å². The molecule has 4 N–H and O–H groups in total. The average molecular weight is 433 g/mol. The van der Waals surface area contributed by atoms with E-state index >= 15 is 0 Å². The average Bonchev–Trinajstić information content (AvgIpc) is 2.41. The fourth-order valence-corrected chi connectivity index (χ4v) is 3.04. The van der Waals surface area contributed by atoms with Gasteiger partial charge >= 0.3 is 0 Å². The maximum atomic E-state index is 9.33. The minimum Gasteiger partial charge on any atom is -0.508 e. The molecule has 0 aliphatic carbocycles. The number of phenols is 1. The van der Waals surface area contributed by atoms with Gasteiger partial charge in [0.2, 0.25) is 0 Å². The third-order valence-electron chi connectivity index (χ3n) is 2.60. The molecule has 0 saturated heterocycles. The molecule has 2 rings (SSSR count). The number of hydrogen-bond acceptors (Lipinski definition) is 3. The Labute approximate surface area is 132 Å². The Balaban J connectivity index is 2.64. The largest absolute Gasteiger partial charge is 0.508 e. The van der Waals surface area contributed by atoms with Crippen molar-refractivity contribution in [2.45, 2.75) is 0 Å². The third kappa shape index (κ3) is 3.01. The van der Waals surface area contributed by atoms with Crippen molar-refractivity contribution in [3.05, 3.63) is 50.0 Å². The van der Waals surface area contributed by atoms with E-state index < -0.39 is 0 Å². The Morgan fingerprint density at radius 1 is 1.21 bits per heavy atom. The summed E-state index contributed by atoms with van der Waals surface area (Å²) in [5.41, 5.74) is 8.20. The van der Waals surface area contributed by atoms with Crippen molar-refractivity contribution in [1.29, 1.82) is 0 Å².